The van der Waals surface area contributed by atoms with Crippen LogP contribution in [0.2, 0.25) is 5.02 Å². The van der Waals surface area contributed by atoms with Crippen LogP contribution in [0.25, 0.3) is 0 Å². The average molecular weight is 402 g/mol. The lowest BCUT2D eigenvalue weighted by molar-refractivity contribution is -0.147. The zero-order chi connectivity index (χ0) is 18.9. The van der Waals surface area contributed by atoms with Crippen LogP contribution in [0.15, 0.2) is 23.1 Å². The minimum absolute atomic E-state index is 0.0156. The van der Waals surface area contributed by atoms with Crippen LogP contribution < -0.4 is 0 Å². The van der Waals surface area contributed by atoms with Gasteiger partial charge in [-0.3, -0.25) is 0 Å². The van der Waals surface area contributed by atoms with Gasteiger partial charge in [0.25, 0.3) is 0 Å². The van der Waals surface area contributed by atoms with Crippen LogP contribution in [0.1, 0.15) is 43.0 Å². The van der Waals surface area contributed by atoms with E-state index in [1.54, 1.807) is 6.92 Å². The van der Waals surface area contributed by atoms with E-state index in [0.717, 1.165) is 19.3 Å². The van der Waals surface area contributed by atoms with Crippen LogP contribution in [0.5, 0.6) is 0 Å². The van der Waals surface area contributed by atoms with E-state index in [9.17, 15) is 18.0 Å². The quantitative estimate of drug-likeness (QED) is 0.719. The molecule has 7 nitrogen and oxygen atoms in total. The summed E-state index contributed by atoms with van der Waals surface area (Å²) in [6, 6.07) is 3.93. The molecule has 0 aromatic heterocycles. The molecule has 0 aliphatic carbocycles. The van der Waals surface area contributed by atoms with E-state index in [2.05, 4.69) is 0 Å². The summed E-state index contributed by atoms with van der Waals surface area (Å²) in [7, 11) is -3.71. The number of carbonyl (C=O) groups excluding carboxylic acids is 2. The maximum atomic E-state index is 12.8. The number of hydrogen-bond acceptors (Lipinski definition) is 6. The predicted molar refractivity (Wildman–Crippen MR) is 93.4 cm³/mol. The Morgan fingerprint density at radius 2 is 1.96 bits per heavy atom. The highest BCUT2D eigenvalue weighted by Gasteiger charge is 2.36. The van der Waals surface area contributed by atoms with Crippen LogP contribution >= 0.6 is 11.6 Å². The number of piperidine rings is 1. The molecular formula is C17H20ClNO6S. The lowest BCUT2D eigenvalue weighted by Crippen LogP contribution is -2.35. The summed E-state index contributed by atoms with van der Waals surface area (Å²) < 4.78 is 37.1. The number of halogens is 1. The molecule has 0 amide bonds. The number of esters is 2. The van der Waals surface area contributed by atoms with Gasteiger partial charge in [-0.05, 0) is 38.0 Å². The molecule has 2 heterocycles. The van der Waals surface area contributed by atoms with Gasteiger partial charge in [-0.25, -0.2) is 18.0 Å². The summed E-state index contributed by atoms with van der Waals surface area (Å²) in [6.07, 6.45) is 1.54. The van der Waals surface area contributed by atoms with Gasteiger partial charge in [0, 0.05) is 19.5 Å². The molecule has 2 atom stereocenters. The lowest BCUT2D eigenvalue weighted by atomic mass is 10.2. The van der Waals surface area contributed by atoms with E-state index in [-0.39, 0.29) is 28.0 Å². The van der Waals surface area contributed by atoms with Gasteiger partial charge in [0.05, 0.1) is 15.5 Å². The molecule has 2 aliphatic heterocycles. The molecular weight excluding hydrogens is 382 g/mol. The molecule has 1 aromatic rings. The fourth-order valence-corrected chi connectivity index (χ4v) is 4.82. The first-order chi connectivity index (χ1) is 12.3. The van der Waals surface area contributed by atoms with Crippen molar-refractivity contribution in [2.75, 3.05) is 13.1 Å². The number of sulfonamides is 1. The van der Waals surface area contributed by atoms with Crippen LogP contribution in [0.4, 0.5) is 0 Å². The normalized spacial score (nSPS) is 24.3. The first kappa shape index (κ1) is 19.1. The molecule has 1 aromatic carbocycles. The van der Waals surface area contributed by atoms with Gasteiger partial charge in [-0.1, -0.05) is 18.0 Å². The van der Waals surface area contributed by atoms with E-state index < -0.39 is 28.1 Å². The molecule has 26 heavy (non-hydrogen) atoms. The minimum atomic E-state index is -3.71. The summed E-state index contributed by atoms with van der Waals surface area (Å²) in [4.78, 5) is 24.0. The molecule has 0 radical (unpaired) electrons. The van der Waals surface area contributed by atoms with Crippen molar-refractivity contribution in [3.63, 3.8) is 0 Å². The minimum Gasteiger partial charge on any atom is -0.460 e. The Hall–Kier alpha value is -1.64. The van der Waals surface area contributed by atoms with Crippen molar-refractivity contribution in [1.82, 2.24) is 4.31 Å². The predicted octanol–water partition coefficient (Wildman–Crippen LogP) is 2.38. The van der Waals surface area contributed by atoms with Crippen LogP contribution in [-0.4, -0.2) is 50.0 Å². The van der Waals surface area contributed by atoms with Crippen molar-refractivity contribution in [2.45, 2.75) is 49.7 Å². The molecule has 2 aliphatic rings. The molecule has 142 valence electrons. The van der Waals surface area contributed by atoms with Crippen molar-refractivity contribution in [3.8, 4) is 0 Å². The van der Waals surface area contributed by atoms with Crippen molar-refractivity contribution < 1.29 is 27.5 Å². The smallest absolute Gasteiger partial charge is 0.347 e. The summed E-state index contributed by atoms with van der Waals surface area (Å²) in [6.45, 7) is 2.61. The van der Waals surface area contributed by atoms with E-state index in [4.69, 9.17) is 21.1 Å². The SMILES string of the molecule is C[C@@H]1C[C@H](OC(=O)c2cc(S(=O)(=O)N3CCCCC3)ccc2Cl)C(=O)O1. The average Bonchev–Trinajstić information content (AvgIpc) is 2.93. The third-order valence-electron chi connectivity index (χ3n) is 4.49. The zero-order valence-electron chi connectivity index (χ0n) is 14.3. The fraction of sp³-hybridized carbons (Fsp3) is 0.529. The van der Waals surface area contributed by atoms with Gasteiger partial charge >= 0.3 is 11.9 Å². The Morgan fingerprint density at radius 3 is 2.58 bits per heavy atom. The first-order valence-corrected chi connectivity index (χ1v) is 10.3. The third kappa shape index (κ3) is 3.87. The summed E-state index contributed by atoms with van der Waals surface area (Å²) in [5.74, 6) is -1.46. The Kier molecular flexibility index (Phi) is 5.55. The van der Waals surface area contributed by atoms with E-state index in [1.807, 2.05) is 0 Å². The topological polar surface area (TPSA) is 90.0 Å². The number of ether oxygens (including phenoxy) is 2. The Balaban J connectivity index is 1.83. The van der Waals surface area contributed by atoms with E-state index in [1.165, 1.54) is 22.5 Å². The van der Waals surface area contributed by atoms with Gasteiger partial charge in [0.1, 0.15) is 6.10 Å². The third-order valence-corrected chi connectivity index (χ3v) is 6.71. The second-order valence-corrected chi connectivity index (χ2v) is 8.83. The number of carbonyl (C=O) groups is 2. The Bertz CT molecular complexity index is 819. The zero-order valence-corrected chi connectivity index (χ0v) is 15.9. The summed E-state index contributed by atoms with van der Waals surface area (Å²) in [5, 5.41) is 0.0620. The maximum Gasteiger partial charge on any atom is 0.347 e. The molecule has 3 rings (SSSR count). The highest BCUT2D eigenvalue weighted by atomic mass is 35.5. The molecule has 0 bridgehead atoms. The van der Waals surface area contributed by atoms with Crippen LogP contribution in [0.3, 0.4) is 0 Å². The van der Waals surface area contributed by atoms with Crippen molar-refractivity contribution in [1.29, 1.82) is 0 Å². The number of nitrogens with zero attached hydrogens (tertiary/aromatic N) is 1. The van der Waals surface area contributed by atoms with Crippen molar-refractivity contribution >= 4 is 33.6 Å². The van der Waals surface area contributed by atoms with Crippen molar-refractivity contribution in [3.05, 3.63) is 28.8 Å². The van der Waals surface area contributed by atoms with Gasteiger partial charge in [-0.2, -0.15) is 4.31 Å². The monoisotopic (exact) mass is 401 g/mol. The highest BCUT2D eigenvalue weighted by molar-refractivity contribution is 7.89. The summed E-state index contributed by atoms with van der Waals surface area (Å²) >= 11 is 6.05. The van der Waals surface area contributed by atoms with E-state index in [0.29, 0.717) is 13.1 Å². The fourth-order valence-electron chi connectivity index (χ4n) is 3.08. The molecule has 0 saturated carbocycles. The van der Waals surface area contributed by atoms with Gasteiger partial charge < -0.3 is 9.47 Å². The maximum absolute atomic E-state index is 12.8. The molecule has 0 N–H and O–H groups in total. The second-order valence-electron chi connectivity index (χ2n) is 6.48. The number of benzene rings is 1. The summed E-state index contributed by atoms with van der Waals surface area (Å²) in [5.41, 5.74) is -0.0860. The number of cyclic esters (lactones) is 1. The molecule has 0 unspecified atom stereocenters. The first-order valence-electron chi connectivity index (χ1n) is 8.50. The van der Waals surface area contributed by atoms with Gasteiger partial charge in [0.2, 0.25) is 16.1 Å². The van der Waals surface area contributed by atoms with Crippen LogP contribution in [-0.2, 0) is 24.3 Å². The molecule has 0 spiro atoms. The Morgan fingerprint density at radius 1 is 1.27 bits per heavy atom. The van der Waals surface area contributed by atoms with Gasteiger partial charge in [-0.15, -0.1) is 0 Å². The van der Waals surface area contributed by atoms with E-state index >= 15 is 0 Å². The molecule has 2 fully saturated rings. The van der Waals surface area contributed by atoms with Gasteiger partial charge in [0.15, 0.2) is 0 Å². The van der Waals surface area contributed by atoms with Crippen LogP contribution in [0, 0.1) is 0 Å². The second kappa shape index (κ2) is 7.54. The van der Waals surface area contributed by atoms with Crippen molar-refractivity contribution in [2.24, 2.45) is 0 Å². The molecule has 9 heteroatoms. The Labute approximate surface area is 157 Å². The number of hydrogen-bond donors (Lipinski definition) is 0. The standard InChI is InChI=1S/C17H20ClNO6S/c1-11-9-15(17(21)24-11)25-16(20)13-10-12(5-6-14(13)18)26(22,23)19-7-3-2-4-8-19/h5-6,10-11,15H,2-4,7-9H2,1H3/t11-,15+/m1/s1. The largest absolute Gasteiger partial charge is 0.460 e. The molecule has 2 saturated heterocycles. The lowest BCUT2D eigenvalue weighted by Gasteiger charge is -2.26. The highest BCUT2D eigenvalue weighted by Crippen LogP contribution is 2.27. The number of rotatable bonds is 4.